The minimum Gasteiger partial charge on any atom is -0.316 e. The highest BCUT2D eigenvalue weighted by Crippen LogP contribution is 2.19. The van der Waals surface area contributed by atoms with Crippen LogP contribution in [0.25, 0.3) is 5.69 Å². The maximum absolute atomic E-state index is 6.02. The van der Waals surface area contributed by atoms with Crippen molar-refractivity contribution in [2.45, 2.75) is 20.4 Å². The van der Waals surface area contributed by atoms with E-state index in [9.17, 15) is 0 Å². The molecule has 0 radical (unpaired) electrons. The van der Waals surface area contributed by atoms with Gasteiger partial charge in [0.25, 0.3) is 0 Å². The number of nitrogens with zero attached hydrogens (tertiary/aromatic N) is 2. The van der Waals surface area contributed by atoms with Gasteiger partial charge in [-0.15, -0.1) is 0 Å². The predicted octanol–water partition coefficient (Wildman–Crippen LogP) is 2.86. The van der Waals surface area contributed by atoms with Gasteiger partial charge >= 0.3 is 0 Å². The maximum Gasteiger partial charge on any atom is 0.0819 e. The average Bonchev–Trinajstić information content (AvgIpc) is 2.59. The molecule has 0 aliphatic carbocycles. The molecule has 0 aliphatic rings. The van der Waals surface area contributed by atoms with Crippen LogP contribution in [-0.2, 0) is 6.54 Å². The number of benzene rings is 1. The Morgan fingerprint density at radius 2 is 2.12 bits per heavy atom. The van der Waals surface area contributed by atoms with E-state index in [0.717, 1.165) is 17.9 Å². The Balaban J connectivity index is 2.39. The summed E-state index contributed by atoms with van der Waals surface area (Å²) in [5, 5.41) is 8.22. The molecule has 0 fully saturated rings. The fourth-order valence-electron chi connectivity index (χ4n) is 1.85. The van der Waals surface area contributed by atoms with Crippen LogP contribution in [0, 0.1) is 13.8 Å². The Labute approximate surface area is 106 Å². The molecule has 4 heteroatoms. The molecule has 1 aromatic heterocycles. The van der Waals surface area contributed by atoms with Crippen LogP contribution in [0.15, 0.2) is 24.4 Å². The smallest absolute Gasteiger partial charge is 0.0819 e. The van der Waals surface area contributed by atoms with E-state index in [1.165, 1.54) is 11.1 Å². The van der Waals surface area contributed by atoms with Crippen molar-refractivity contribution in [3.8, 4) is 5.69 Å². The van der Waals surface area contributed by atoms with Crippen LogP contribution in [0.3, 0.4) is 0 Å². The second-order valence-electron chi connectivity index (χ2n) is 4.16. The first kappa shape index (κ1) is 12.1. The van der Waals surface area contributed by atoms with E-state index in [-0.39, 0.29) is 0 Å². The van der Waals surface area contributed by atoms with Crippen molar-refractivity contribution in [2.75, 3.05) is 7.05 Å². The van der Waals surface area contributed by atoms with E-state index in [2.05, 4.69) is 35.5 Å². The molecule has 0 unspecified atom stereocenters. The number of nitrogens with one attached hydrogen (secondary N) is 1. The van der Waals surface area contributed by atoms with Gasteiger partial charge in [0.2, 0.25) is 0 Å². The van der Waals surface area contributed by atoms with E-state index >= 15 is 0 Å². The molecule has 2 aromatic rings. The molecule has 0 saturated heterocycles. The van der Waals surface area contributed by atoms with Gasteiger partial charge in [0.15, 0.2) is 0 Å². The van der Waals surface area contributed by atoms with Gasteiger partial charge in [-0.25, -0.2) is 4.68 Å². The minimum absolute atomic E-state index is 0.698. The molecule has 0 aliphatic heterocycles. The lowest BCUT2D eigenvalue weighted by Crippen LogP contribution is -2.06. The summed E-state index contributed by atoms with van der Waals surface area (Å²) in [6.45, 7) is 4.86. The lowest BCUT2D eigenvalue weighted by atomic mass is 10.1. The summed E-state index contributed by atoms with van der Waals surface area (Å²) in [5.41, 5.74) is 4.38. The minimum atomic E-state index is 0.698. The van der Waals surface area contributed by atoms with Crippen LogP contribution >= 0.6 is 11.6 Å². The van der Waals surface area contributed by atoms with Crippen LogP contribution < -0.4 is 5.32 Å². The Morgan fingerprint density at radius 3 is 2.65 bits per heavy atom. The highest BCUT2D eigenvalue weighted by Gasteiger charge is 2.06. The predicted molar refractivity (Wildman–Crippen MR) is 70.8 cm³/mol. The molecule has 90 valence electrons. The molecule has 0 amide bonds. The first-order chi connectivity index (χ1) is 8.11. The van der Waals surface area contributed by atoms with Gasteiger partial charge < -0.3 is 5.32 Å². The maximum atomic E-state index is 6.02. The molecule has 0 spiro atoms. The third kappa shape index (κ3) is 2.51. The first-order valence-electron chi connectivity index (χ1n) is 5.58. The molecule has 3 nitrogen and oxygen atoms in total. The summed E-state index contributed by atoms with van der Waals surface area (Å²) in [5.74, 6) is 0. The molecule has 1 heterocycles. The molecule has 0 atom stereocenters. The summed E-state index contributed by atoms with van der Waals surface area (Å²) in [4.78, 5) is 0. The summed E-state index contributed by atoms with van der Waals surface area (Å²) in [6, 6.07) is 6.34. The zero-order valence-electron chi connectivity index (χ0n) is 10.3. The quantitative estimate of drug-likeness (QED) is 0.907. The van der Waals surface area contributed by atoms with E-state index in [4.69, 9.17) is 11.6 Å². The van der Waals surface area contributed by atoms with Crippen molar-refractivity contribution >= 4 is 11.6 Å². The van der Waals surface area contributed by atoms with Crippen molar-refractivity contribution in [1.82, 2.24) is 15.1 Å². The second-order valence-corrected chi connectivity index (χ2v) is 4.57. The van der Waals surface area contributed by atoms with Crippen LogP contribution in [-0.4, -0.2) is 16.8 Å². The molecular formula is C13H16ClN3. The fourth-order valence-corrected chi connectivity index (χ4v) is 1.98. The Kier molecular flexibility index (Phi) is 3.50. The van der Waals surface area contributed by atoms with Crippen molar-refractivity contribution in [1.29, 1.82) is 0 Å². The van der Waals surface area contributed by atoms with Gasteiger partial charge in [-0.1, -0.05) is 23.7 Å². The van der Waals surface area contributed by atoms with Crippen LogP contribution in [0.5, 0.6) is 0 Å². The molecule has 0 bridgehead atoms. The molecule has 1 N–H and O–H groups in total. The van der Waals surface area contributed by atoms with Crippen LogP contribution in [0.2, 0.25) is 5.02 Å². The van der Waals surface area contributed by atoms with Gasteiger partial charge in [0, 0.05) is 12.7 Å². The van der Waals surface area contributed by atoms with Gasteiger partial charge in [-0.05, 0) is 38.1 Å². The van der Waals surface area contributed by atoms with Crippen molar-refractivity contribution < 1.29 is 0 Å². The number of halogens is 1. The summed E-state index contributed by atoms with van der Waals surface area (Å²) in [7, 11) is 1.94. The standard InChI is InChI=1S/C13H16ClN3/c1-9-6-11(7-15-3)4-5-13(9)17-8-12(14)10(2)16-17/h4-6,8,15H,7H2,1-3H3. The fraction of sp³-hybridized carbons (Fsp3) is 0.308. The van der Waals surface area contributed by atoms with Crippen LogP contribution in [0.4, 0.5) is 0 Å². The second kappa shape index (κ2) is 4.90. The lowest BCUT2D eigenvalue weighted by molar-refractivity contribution is 0.811. The van der Waals surface area contributed by atoms with Crippen molar-refractivity contribution in [3.05, 3.63) is 46.2 Å². The SMILES string of the molecule is CNCc1ccc(-n2cc(Cl)c(C)n2)c(C)c1. The molecule has 17 heavy (non-hydrogen) atoms. The number of aromatic nitrogens is 2. The van der Waals surface area contributed by atoms with E-state index in [1.54, 1.807) is 0 Å². The van der Waals surface area contributed by atoms with Crippen LogP contribution in [0.1, 0.15) is 16.8 Å². The molecule has 2 rings (SSSR count). The van der Waals surface area contributed by atoms with E-state index in [1.807, 2.05) is 24.9 Å². The largest absolute Gasteiger partial charge is 0.316 e. The Morgan fingerprint density at radius 1 is 1.35 bits per heavy atom. The van der Waals surface area contributed by atoms with E-state index in [0.29, 0.717) is 5.02 Å². The molecular weight excluding hydrogens is 234 g/mol. The van der Waals surface area contributed by atoms with Gasteiger partial charge in [-0.3, -0.25) is 0 Å². The highest BCUT2D eigenvalue weighted by molar-refractivity contribution is 6.31. The zero-order chi connectivity index (χ0) is 12.4. The summed E-state index contributed by atoms with van der Waals surface area (Å²) >= 11 is 6.02. The number of hydrogen-bond donors (Lipinski definition) is 1. The summed E-state index contributed by atoms with van der Waals surface area (Å²) in [6.07, 6.45) is 1.84. The number of hydrogen-bond acceptors (Lipinski definition) is 2. The Bertz CT molecular complexity index is 512. The lowest BCUT2D eigenvalue weighted by Gasteiger charge is -2.08. The number of aryl methyl sites for hydroxylation is 2. The monoisotopic (exact) mass is 249 g/mol. The normalized spacial score (nSPS) is 10.8. The van der Waals surface area contributed by atoms with Crippen molar-refractivity contribution in [3.63, 3.8) is 0 Å². The third-order valence-corrected chi connectivity index (χ3v) is 3.10. The highest BCUT2D eigenvalue weighted by atomic mass is 35.5. The van der Waals surface area contributed by atoms with Gasteiger partial charge in [0.1, 0.15) is 0 Å². The molecule has 1 aromatic carbocycles. The molecule has 0 saturated carbocycles. The summed E-state index contributed by atoms with van der Waals surface area (Å²) < 4.78 is 1.83. The third-order valence-electron chi connectivity index (χ3n) is 2.73. The first-order valence-corrected chi connectivity index (χ1v) is 5.96. The number of rotatable bonds is 3. The van der Waals surface area contributed by atoms with E-state index < -0.39 is 0 Å². The van der Waals surface area contributed by atoms with Crippen molar-refractivity contribution in [2.24, 2.45) is 0 Å². The average molecular weight is 250 g/mol. The zero-order valence-corrected chi connectivity index (χ0v) is 11.0. The van der Waals surface area contributed by atoms with Gasteiger partial charge in [0.05, 0.1) is 16.4 Å². The van der Waals surface area contributed by atoms with Gasteiger partial charge in [-0.2, -0.15) is 5.10 Å². The topological polar surface area (TPSA) is 29.9 Å². The Hall–Kier alpha value is -1.32.